The van der Waals surface area contributed by atoms with Crippen LogP contribution >= 0.6 is 0 Å². The van der Waals surface area contributed by atoms with Gasteiger partial charge in [0.15, 0.2) is 5.69 Å². The fraction of sp³-hybridized carbons (Fsp3) is 0.162. The fourth-order valence-corrected chi connectivity index (χ4v) is 6.10. The summed E-state index contributed by atoms with van der Waals surface area (Å²) < 4.78 is 0. The van der Waals surface area contributed by atoms with E-state index in [0.717, 1.165) is 44.4 Å². The number of rotatable bonds is 4. The van der Waals surface area contributed by atoms with E-state index in [-0.39, 0.29) is 17.6 Å². The van der Waals surface area contributed by atoms with E-state index in [4.69, 9.17) is 26.5 Å². The Labute approximate surface area is 254 Å². The minimum atomic E-state index is -0.117. The van der Waals surface area contributed by atoms with Crippen LogP contribution in [0.1, 0.15) is 72.3 Å². The van der Waals surface area contributed by atoms with Crippen molar-refractivity contribution in [3.05, 3.63) is 112 Å². The molecule has 0 spiro atoms. The van der Waals surface area contributed by atoms with Gasteiger partial charge in [0.1, 0.15) is 11.4 Å². The molecule has 0 saturated heterocycles. The highest BCUT2D eigenvalue weighted by atomic mass is 16.1. The molecule has 0 bridgehead atoms. The SMILES string of the molecule is [C-]#[N+]c1ccc(-c2nc3c(C(C)C)c4nc5c(nc4c(C(C)C)c3nc2-c2ccc(C#N)cc2)-c2ccccc2C5=O)cc1. The number of benzene rings is 4. The van der Waals surface area contributed by atoms with Crippen LogP contribution < -0.4 is 0 Å². The molecule has 0 unspecified atom stereocenters. The molecule has 0 amide bonds. The third-order valence-corrected chi connectivity index (χ3v) is 8.17. The normalized spacial score (nSPS) is 12.0. The van der Waals surface area contributed by atoms with E-state index in [1.807, 2.05) is 48.5 Å². The molecule has 7 nitrogen and oxygen atoms in total. The first kappa shape index (κ1) is 27.1. The lowest BCUT2D eigenvalue weighted by Crippen LogP contribution is -2.09. The summed E-state index contributed by atoms with van der Waals surface area (Å²) in [6.07, 6.45) is 0. The number of carbonyl (C=O) groups is 1. The van der Waals surface area contributed by atoms with Crippen molar-refractivity contribution in [1.82, 2.24) is 19.9 Å². The van der Waals surface area contributed by atoms with Gasteiger partial charge in [0, 0.05) is 27.8 Å². The van der Waals surface area contributed by atoms with E-state index < -0.39 is 0 Å². The van der Waals surface area contributed by atoms with Crippen molar-refractivity contribution in [2.24, 2.45) is 0 Å². The molecule has 0 radical (unpaired) electrons. The van der Waals surface area contributed by atoms with Gasteiger partial charge in [-0.3, -0.25) is 4.79 Å². The Kier molecular flexibility index (Phi) is 6.27. The van der Waals surface area contributed by atoms with Crippen LogP contribution in [0.2, 0.25) is 0 Å². The Bertz CT molecular complexity index is 2250. The summed E-state index contributed by atoms with van der Waals surface area (Å²) in [6.45, 7) is 15.8. The summed E-state index contributed by atoms with van der Waals surface area (Å²) in [5, 5.41) is 9.41. The lowest BCUT2D eigenvalue weighted by Gasteiger charge is -2.21. The van der Waals surface area contributed by atoms with Gasteiger partial charge in [-0.2, -0.15) is 5.26 Å². The van der Waals surface area contributed by atoms with Gasteiger partial charge >= 0.3 is 0 Å². The van der Waals surface area contributed by atoms with Gasteiger partial charge in [-0.15, -0.1) is 0 Å². The summed E-state index contributed by atoms with van der Waals surface area (Å²) in [6, 6.07) is 24.4. The quantitative estimate of drug-likeness (QED) is 0.155. The first-order valence-electron chi connectivity index (χ1n) is 14.5. The fourth-order valence-electron chi connectivity index (χ4n) is 6.10. The Morgan fingerprint density at radius 1 is 0.636 bits per heavy atom. The minimum absolute atomic E-state index is 0.000143. The standard InChI is InChI=1S/C37H26N6O/c1-19(2)27-32-33(28(20(3)4)35-34(27)42-31-25-8-6-7-9-26(25)37(44)36(31)43-35)41-30(23-14-16-24(39-5)17-15-23)29(40-32)22-12-10-21(18-38)11-13-22/h6-17,19-20H,1-4H3. The van der Waals surface area contributed by atoms with Crippen LogP contribution in [0.15, 0.2) is 72.8 Å². The van der Waals surface area contributed by atoms with Crippen LogP contribution in [-0.2, 0) is 0 Å². The zero-order chi connectivity index (χ0) is 30.7. The zero-order valence-electron chi connectivity index (χ0n) is 24.7. The summed E-state index contributed by atoms with van der Waals surface area (Å²) in [5.74, 6) is -0.0959. The maximum absolute atomic E-state index is 13.5. The molecule has 0 fully saturated rings. The van der Waals surface area contributed by atoms with Crippen LogP contribution in [0.4, 0.5) is 5.69 Å². The van der Waals surface area contributed by atoms with Crippen molar-refractivity contribution in [2.75, 3.05) is 0 Å². The lowest BCUT2D eigenvalue weighted by molar-refractivity contribution is 0.103. The summed E-state index contributed by atoms with van der Waals surface area (Å²) >= 11 is 0. The average Bonchev–Trinajstić information content (AvgIpc) is 3.32. The molecule has 0 N–H and O–H groups in total. The molecule has 1 aliphatic carbocycles. The number of nitrogens with zero attached hydrogens (tertiary/aromatic N) is 6. The molecule has 6 aromatic rings. The number of carbonyl (C=O) groups excluding carboxylic acids is 1. The Hall–Kier alpha value is -5.79. The van der Waals surface area contributed by atoms with Gasteiger partial charge in [0.25, 0.3) is 0 Å². The first-order chi connectivity index (χ1) is 21.3. The van der Waals surface area contributed by atoms with Gasteiger partial charge < -0.3 is 0 Å². The van der Waals surface area contributed by atoms with Crippen LogP contribution in [0, 0.1) is 17.9 Å². The Morgan fingerprint density at radius 3 is 1.57 bits per heavy atom. The maximum atomic E-state index is 13.5. The monoisotopic (exact) mass is 570 g/mol. The van der Waals surface area contributed by atoms with E-state index in [1.54, 1.807) is 24.3 Å². The second-order valence-electron chi connectivity index (χ2n) is 11.6. The number of nitriles is 1. The molecule has 0 saturated carbocycles. The number of fused-ring (bicyclic) bond motifs is 5. The van der Waals surface area contributed by atoms with Gasteiger partial charge in [-0.25, -0.2) is 24.8 Å². The maximum Gasteiger partial charge on any atom is 0.214 e. The number of ketones is 1. The molecule has 1 aliphatic rings. The third-order valence-electron chi connectivity index (χ3n) is 8.17. The molecule has 4 aromatic carbocycles. The topological polar surface area (TPSA) is 96.8 Å². The molecule has 2 aromatic heterocycles. The molecule has 210 valence electrons. The smallest absolute Gasteiger partial charge is 0.214 e. The van der Waals surface area contributed by atoms with Crippen LogP contribution in [0.3, 0.4) is 0 Å². The molecular formula is C37H26N6O. The van der Waals surface area contributed by atoms with Crippen molar-refractivity contribution in [3.8, 4) is 39.8 Å². The third kappa shape index (κ3) is 4.06. The largest absolute Gasteiger partial charge is 0.287 e. The van der Waals surface area contributed by atoms with Crippen LogP contribution in [-0.4, -0.2) is 25.7 Å². The lowest BCUT2D eigenvalue weighted by atomic mass is 9.90. The molecular weight excluding hydrogens is 544 g/mol. The number of hydrogen-bond acceptors (Lipinski definition) is 6. The van der Waals surface area contributed by atoms with Gasteiger partial charge in [0.05, 0.1) is 51.7 Å². The van der Waals surface area contributed by atoms with Crippen molar-refractivity contribution in [3.63, 3.8) is 0 Å². The predicted octanol–water partition coefficient (Wildman–Crippen LogP) is 8.79. The van der Waals surface area contributed by atoms with Crippen molar-refractivity contribution in [2.45, 2.75) is 39.5 Å². The molecule has 7 rings (SSSR count). The summed E-state index contributed by atoms with van der Waals surface area (Å²) in [4.78, 5) is 37.9. The van der Waals surface area contributed by atoms with E-state index in [1.165, 1.54) is 0 Å². The Morgan fingerprint density at radius 2 is 1.09 bits per heavy atom. The number of hydrogen-bond donors (Lipinski definition) is 0. The van der Waals surface area contributed by atoms with E-state index in [9.17, 15) is 10.1 Å². The minimum Gasteiger partial charge on any atom is -0.287 e. The second kappa shape index (κ2) is 10.2. The van der Waals surface area contributed by atoms with Crippen molar-refractivity contribution in [1.29, 1.82) is 5.26 Å². The highest BCUT2D eigenvalue weighted by Gasteiger charge is 2.33. The van der Waals surface area contributed by atoms with Gasteiger partial charge in [0.2, 0.25) is 5.78 Å². The number of aromatic nitrogens is 4. The van der Waals surface area contributed by atoms with E-state index in [2.05, 4.69) is 38.6 Å². The first-order valence-corrected chi connectivity index (χ1v) is 14.5. The van der Waals surface area contributed by atoms with Gasteiger partial charge in [-0.1, -0.05) is 88.4 Å². The highest BCUT2D eigenvalue weighted by molar-refractivity contribution is 6.21. The second-order valence-corrected chi connectivity index (χ2v) is 11.6. The van der Waals surface area contributed by atoms with Crippen LogP contribution in [0.5, 0.6) is 0 Å². The molecule has 2 heterocycles. The van der Waals surface area contributed by atoms with E-state index >= 15 is 0 Å². The predicted molar refractivity (Wildman–Crippen MR) is 172 cm³/mol. The highest BCUT2D eigenvalue weighted by Crippen LogP contribution is 2.43. The summed E-state index contributed by atoms with van der Waals surface area (Å²) in [5.41, 5.74) is 11.1. The van der Waals surface area contributed by atoms with E-state index in [0.29, 0.717) is 45.1 Å². The zero-order valence-corrected chi connectivity index (χ0v) is 24.7. The molecule has 44 heavy (non-hydrogen) atoms. The average molecular weight is 571 g/mol. The summed E-state index contributed by atoms with van der Waals surface area (Å²) in [7, 11) is 0. The Balaban J connectivity index is 1.63. The molecule has 0 aliphatic heterocycles. The van der Waals surface area contributed by atoms with Crippen molar-refractivity contribution >= 4 is 33.5 Å². The van der Waals surface area contributed by atoms with Crippen LogP contribution in [0.25, 0.3) is 60.7 Å². The van der Waals surface area contributed by atoms with Gasteiger partial charge in [-0.05, 0) is 29.5 Å². The van der Waals surface area contributed by atoms with Crippen molar-refractivity contribution < 1.29 is 4.79 Å². The molecule has 0 atom stereocenters. The molecule has 7 heteroatoms.